The summed E-state index contributed by atoms with van der Waals surface area (Å²) in [4.78, 5) is 22.7. The number of amides is 1. The van der Waals surface area contributed by atoms with Crippen molar-refractivity contribution < 1.29 is 23.8 Å². The van der Waals surface area contributed by atoms with Crippen LogP contribution >= 0.6 is 0 Å². The number of hydrogen-bond acceptors (Lipinski definition) is 5. The van der Waals surface area contributed by atoms with E-state index in [1.165, 1.54) is 6.92 Å². The first kappa shape index (κ1) is 16.1. The minimum atomic E-state index is -0.547. The van der Waals surface area contributed by atoms with E-state index in [4.69, 9.17) is 14.2 Å². The van der Waals surface area contributed by atoms with Crippen LogP contribution in [0.1, 0.15) is 39.7 Å². The van der Waals surface area contributed by atoms with Crippen molar-refractivity contribution in [2.45, 2.75) is 52.4 Å². The SMILES string of the molecule is CC(=O)OC1CCc2cc(NC(=O)OC(C)(C)C)ccc2O1. The molecule has 1 amide bonds. The summed E-state index contributed by atoms with van der Waals surface area (Å²) in [6.45, 7) is 6.78. The zero-order valence-electron chi connectivity index (χ0n) is 13.3. The number of carbonyl (C=O) groups excluding carboxylic acids is 2. The van der Waals surface area contributed by atoms with Gasteiger partial charge in [0.25, 0.3) is 0 Å². The van der Waals surface area contributed by atoms with Crippen molar-refractivity contribution in [2.75, 3.05) is 5.32 Å². The molecule has 120 valence electrons. The van der Waals surface area contributed by atoms with Gasteiger partial charge in [0.1, 0.15) is 11.4 Å². The monoisotopic (exact) mass is 307 g/mol. The standard InChI is InChI=1S/C16H21NO5/c1-10(18)20-14-8-5-11-9-12(6-7-13(11)21-14)17-15(19)22-16(2,3)4/h6-7,9,14H,5,8H2,1-4H3,(H,17,19). The van der Waals surface area contributed by atoms with Crippen molar-refractivity contribution in [3.05, 3.63) is 23.8 Å². The molecule has 0 bridgehead atoms. The number of esters is 1. The van der Waals surface area contributed by atoms with E-state index in [0.717, 1.165) is 5.56 Å². The number of ether oxygens (including phenoxy) is 3. The second-order valence-electron chi connectivity index (χ2n) is 6.14. The van der Waals surface area contributed by atoms with Gasteiger partial charge in [-0.05, 0) is 51.0 Å². The molecule has 2 rings (SSSR count). The van der Waals surface area contributed by atoms with E-state index in [-0.39, 0.29) is 5.97 Å². The number of nitrogens with one attached hydrogen (secondary N) is 1. The van der Waals surface area contributed by atoms with Crippen LogP contribution in [-0.2, 0) is 20.7 Å². The molecule has 0 spiro atoms. The number of benzene rings is 1. The molecule has 1 unspecified atom stereocenters. The topological polar surface area (TPSA) is 73.9 Å². The Morgan fingerprint density at radius 1 is 1.32 bits per heavy atom. The lowest BCUT2D eigenvalue weighted by Crippen LogP contribution is -2.28. The van der Waals surface area contributed by atoms with Crippen LogP contribution in [0.3, 0.4) is 0 Å². The van der Waals surface area contributed by atoms with E-state index in [1.54, 1.807) is 12.1 Å². The minimum absolute atomic E-state index is 0.364. The molecule has 0 saturated carbocycles. The summed E-state index contributed by atoms with van der Waals surface area (Å²) in [6, 6.07) is 5.31. The average Bonchev–Trinajstić information content (AvgIpc) is 2.35. The maximum Gasteiger partial charge on any atom is 0.412 e. The van der Waals surface area contributed by atoms with Crippen LogP contribution in [0.25, 0.3) is 0 Å². The number of aryl methyl sites for hydroxylation is 1. The van der Waals surface area contributed by atoms with E-state index in [2.05, 4.69) is 5.32 Å². The third-order valence-electron chi connectivity index (χ3n) is 2.91. The smallest absolute Gasteiger partial charge is 0.412 e. The molecule has 1 aliphatic heterocycles. The van der Waals surface area contributed by atoms with Crippen LogP contribution in [0.15, 0.2) is 18.2 Å². The molecule has 6 nitrogen and oxygen atoms in total. The van der Waals surface area contributed by atoms with Gasteiger partial charge in [0.2, 0.25) is 6.29 Å². The summed E-state index contributed by atoms with van der Waals surface area (Å²) in [6.07, 6.45) is 0.246. The normalized spacial score (nSPS) is 17.0. The lowest BCUT2D eigenvalue weighted by atomic mass is 10.0. The molecule has 1 aromatic rings. The Morgan fingerprint density at radius 2 is 2.05 bits per heavy atom. The van der Waals surface area contributed by atoms with Crippen molar-refractivity contribution in [2.24, 2.45) is 0 Å². The van der Waals surface area contributed by atoms with Crippen molar-refractivity contribution in [3.8, 4) is 5.75 Å². The molecule has 1 aliphatic rings. The minimum Gasteiger partial charge on any atom is -0.454 e. The Hall–Kier alpha value is -2.24. The molecule has 1 atom stereocenters. The number of hydrogen-bond donors (Lipinski definition) is 1. The second kappa shape index (κ2) is 6.25. The second-order valence-corrected chi connectivity index (χ2v) is 6.14. The summed E-state index contributed by atoms with van der Waals surface area (Å²) in [7, 11) is 0. The number of rotatable bonds is 2. The van der Waals surface area contributed by atoms with Crippen molar-refractivity contribution in [1.82, 2.24) is 0 Å². The Balaban J connectivity index is 2.01. The molecular weight excluding hydrogens is 286 g/mol. The predicted molar refractivity (Wildman–Crippen MR) is 80.8 cm³/mol. The molecule has 0 radical (unpaired) electrons. The summed E-state index contributed by atoms with van der Waals surface area (Å²) in [5.74, 6) is 0.295. The molecule has 0 aromatic heterocycles. The molecule has 0 aliphatic carbocycles. The van der Waals surface area contributed by atoms with Crippen LogP contribution in [0.2, 0.25) is 0 Å². The molecule has 1 N–H and O–H groups in total. The van der Waals surface area contributed by atoms with Gasteiger partial charge < -0.3 is 14.2 Å². The van der Waals surface area contributed by atoms with E-state index < -0.39 is 18.0 Å². The molecule has 0 saturated heterocycles. The van der Waals surface area contributed by atoms with Crippen LogP contribution in [0.5, 0.6) is 5.75 Å². The maximum absolute atomic E-state index is 11.7. The molecular formula is C16H21NO5. The van der Waals surface area contributed by atoms with E-state index >= 15 is 0 Å². The molecule has 1 heterocycles. The Morgan fingerprint density at radius 3 is 2.68 bits per heavy atom. The van der Waals surface area contributed by atoms with Gasteiger partial charge >= 0.3 is 12.1 Å². The largest absolute Gasteiger partial charge is 0.454 e. The zero-order chi connectivity index (χ0) is 16.3. The van der Waals surface area contributed by atoms with Gasteiger partial charge in [0.05, 0.1) is 0 Å². The summed E-state index contributed by atoms with van der Waals surface area (Å²) >= 11 is 0. The lowest BCUT2D eigenvalue weighted by molar-refractivity contribution is -0.162. The predicted octanol–water partition coefficient (Wildman–Crippen LogP) is 3.25. The van der Waals surface area contributed by atoms with Crippen molar-refractivity contribution in [1.29, 1.82) is 0 Å². The Labute approximate surface area is 129 Å². The Kier molecular flexibility index (Phi) is 4.59. The summed E-state index contributed by atoms with van der Waals surface area (Å²) < 4.78 is 15.9. The molecule has 22 heavy (non-hydrogen) atoms. The fourth-order valence-electron chi connectivity index (χ4n) is 2.13. The number of anilines is 1. The van der Waals surface area contributed by atoms with Crippen LogP contribution in [-0.4, -0.2) is 24.0 Å². The third kappa shape index (κ3) is 4.65. The zero-order valence-corrected chi connectivity index (χ0v) is 13.3. The highest BCUT2D eigenvalue weighted by Gasteiger charge is 2.22. The fourth-order valence-corrected chi connectivity index (χ4v) is 2.13. The first-order valence-corrected chi connectivity index (χ1v) is 7.20. The van der Waals surface area contributed by atoms with Gasteiger partial charge in [-0.25, -0.2) is 4.79 Å². The van der Waals surface area contributed by atoms with Gasteiger partial charge in [-0.2, -0.15) is 0 Å². The van der Waals surface area contributed by atoms with Gasteiger partial charge in [0, 0.05) is 19.0 Å². The van der Waals surface area contributed by atoms with Gasteiger partial charge in [-0.1, -0.05) is 0 Å². The first-order valence-electron chi connectivity index (χ1n) is 7.20. The molecule has 0 fully saturated rings. The summed E-state index contributed by atoms with van der Waals surface area (Å²) in [5, 5.41) is 2.69. The number of fused-ring (bicyclic) bond motifs is 1. The average molecular weight is 307 g/mol. The van der Waals surface area contributed by atoms with E-state index in [0.29, 0.717) is 24.3 Å². The van der Waals surface area contributed by atoms with Crippen LogP contribution in [0.4, 0.5) is 10.5 Å². The third-order valence-corrected chi connectivity index (χ3v) is 2.91. The highest BCUT2D eigenvalue weighted by Crippen LogP contribution is 2.30. The Bertz CT molecular complexity index is 576. The van der Waals surface area contributed by atoms with Crippen molar-refractivity contribution >= 4 is 17.7 Å². The quantitative estimate of drug-likeness (QED) is 0.849. The van der Waals surface area contributed by atoms with Crippen molar-refractivity contribution in [3.63, 3.8) is 0 Å². The van der Waals surface area contributed by atoms with Crippen LogP contribution < -0.4 is 10.1 Å². The first-order chi connectivity index (χ1) is 10.2. The van der Waals surface area contributed by atoms with Gasteiger partial charge in [-0.15, -0.1) is 0 Å². The number of carbonyl (C=O) groups is 2. The molecule has 1 aromatic carbocycles. The fraction of sp³-hybridized carbons (Fsp3) is 0.500. The lowest BCUT2D eigenvalue weighted by Gasteiger charge is -2.26. The van der Waals surface area contributed by atoms with E-state index in [9.17, 15) is 9.59 Å². The highest BCUT2D eigenvalue weighted by atomic mass is 16.7. The molecule has 6 heteroatoms. The highest BCUT2D eigenvalue weighted by molar-refractivity contribution is 5.85. The maximum atomic E-state index is 11.7. The van der Waals surface area contributed by atoms with Gasteiger partial charge in [0.15, 0.2) is 0 Å². The summed E-state index contributed by atoms with van der Waals surface area (Å²) in [5.41, 5.74) is 1.05. The van der Waals surface area contributed by atoms with Crippen LogP contribution in [0, 0.1) is 0 Å². The van der Waals surface area contributed by atoms with Gasteiger partial charge in [-0.3, -0.25) is 10.1 Å². The van der Waals surface area contributed by atoms with E-state index in [1.807, 2.05) is 26.8 Å².